The lowest BCUT2D eigenvalue weighted by Gasteiger charge is -2.36. The second kappa shape index (κ2) is 52.9. The Hall–Kier alpha value is -13.4. The average molecular weight is 2040 g/mol. The van der Waals surface area contributed by atoms with Gasteiger partial charge in [-0.1, -0.05) is 109 Å². The summed E-state index contributed by atoms with van der Waals surface area (Å²) >= 11 is 3.49. The molecule has 1 saturated carbocycles. The maximum Gasteiger partial charge on any atom is 0.326 e. The second-order valence-electron chi connectivity index (χ2n) is 39.1. The van der Waals surface area contributed by atoms with Crippen LogP contribution in [0.3, 0.4) is 0 Å². The standard InChI is InChI=1S/C98H141BrN26O17/c1-57(2)46-70(115-81(128)67(22-15-40-110-96(103)104)113-85(132)76-24-16-44-123(76)89(136)69(21-13-14-39-109-95(101)102)114-82(129)68(34-35-79(100)126)119-93(141)97(3,4)92(140)108-43-38-65-52-106-55-111-65)84(131)121-98(5,6)94(142)120-71(51-66-53-107-56-112-66)83(130)116-72(48-60-36-41-105-42-37-60)88(135)122(7)54-80(127)125-75-23-12-11-20-63(75)50-78(125)87(134)117-73(47-59-28-32-64(99)33-29-59)90(137)124-45-17-25-77(124)86(133)118-74(91(138)139)49-58-26-30-62(31-27-58)61-18-9-8-10-19-61/h8-10,18-19,26-33,52-53,55-57,60,63,67-78,105H,11-17,20-25,34-51,54H2,1-7H3,(H2,100,126)(H,106,111)(H,107,112)(H,108,140)(H,113,132)(H,114,129)(H,115,128)(H,116,130)(H,117,134)(H,118,133)(H,119,141)(H,120,142)(H,121,131)(H,138,139)(H4,101,102,109)(H4,103,104,110)/t63-,67+,68-,69-,70-,71-,72-,73-,74+,75-,76-,77-,78-/m0/s1. The smallest absolute Gasteiger partial charge is 0.326 e. The zero-order valence-electron chi connectivity index (χ0n) is 81.9. The Morgan fingerprint density at radius 3 is 1.72 bits per heavy atom. The molecule has 5 aliphatic rings. The molecule has 5 fully saturated rings. The number of nitrogens with zero attached hydrogens (tertiary/aromatic N) is 6. The van der Waals surface area contributed by atoms with Crippen molar-refractivity contribution in [2.75, 3.05) is 59.4 Å². The Kier molecular flexibility index (Phi) is 41.2. The van der Waals surface area contributed by atoms with E-state index < -0.39 is 191 Å². The number of amides is 15. The molecule has 142 heavy (non-hydrogen) atoms. The first-order valence-corrected chi connectivity index (χ1v) is 49.9. The zero-order valence-corrected chi connectivity index (χ0v) is 83.5. The van der Waals surface area contributed by atoms with Gasteiger partial charge in [0, 0.05) is 100 Å². The number of aromatic nitrogens is 4. The summed E-state index contributed by atoms with van der Waals surface area (Å²) in [6, 6.07) is 9.18. The number of carboxylic acids is 1. The SMILES string of the molecule is CC(C)C[C@H](NC(=O)[C@@H](CCCNC(=N)N)NC(=O)[C@@H]1CCCN1C(=O)[C@H](CCCCNC(=N)N)NC(=O)[C@H](CCC(N)=O)NC(=O)C(C)(C)C(=O)NCCc1cnc[nH]1)C(=O)NC(C)(C)C(=O)N[C@@H](Cc1c[nH]cn1)C(=O)N[C@@H](CC1CCNCC1)C(=O)N(C)CC(=O)N1[C@H](C(=O)N[C@@H](Cc2ccc(Br)cc2)C(=O)N2CCC[C@H]2C(=O)N[C@H](Cc2ccc(-c3ccccc3)cc2)C(=O)O)C[C@@H]2CCCC[C@@H]21. The third-order valence-electron chi connectivity index (χ3n) is 26.9. The largest absolute Gasteiger partial charge is 0.480 e. The molecule has 0 bridgehead atoms. The van der Waals surface area contributed by atoms with Gasteiger partial charge in [0.2, 0.25) is 88.6 Å². The number of aromatic amines is 2. The number of halogens is 1. The summed E-state index contributed by atoms with van der Waals surface area (Å²) in [7, 11) is 1.43. The van der Waals surface area contributed by atoms with Crippen LogP contribution in [-0.4, -0.2) is 289 Å². The normalized spacial score (nSPS) is 18.6. The van der Waals surface area contributed by atoms with Crippen LogP contribution < -0.4 is 86.3 Å². The zero-order chi connectivity index (χ0) is 103. The number of hydrogen-bond acceptors (Lipinski definition) is 21. The number of carbonyl (C=O) groups excluding carboxylic acids is 15. The number of benzene rings is 3. The number of aliphatic carboxylic acids is 1. The van der Waals surface area contributed by atoms with Crippen LogP contribution in [0.1, 0.15) is 192 Å². The van der Waals surface area contributed by atoms with Crippen LogP contribution >= 0.6 is 15.9 Å². The number of carboxylic acid groups (broad SMARTS) is 1. The average Bonchev–Trinajstić information content (AvgIpc) is 1.62. The highest BCUT2D eigenvalue weighted by Gasteiger charge is 2.51. The molecular formula is C98H141BrN26O17. The van der Waals surface area contributed by atoms with E-state index in [4.69, 9.17) is 28.0 Å². The fraction of sp³-hybridized carbons (Fsp3) is 0.571. The molecule has 43 nitrogen and oxygen atoms in total. The van der Waals surface area contributed by atoms with Crippen LogP contribution in [-0.2, 0) is 102 Å². The number of unbranched alkanes of at least 4 members (excludes halogenated alkanes) is 1. The number of nitrogens with two attached hydrogens (primary N) is 3. The highest BCUT2D eigenvalue weighted by atomic mass is 79.9. The Balaban J connectivity index is 0.814. The number of carbonyl (C=O) groups is 16. The molecule has 4 saturated heterocycles. The molecular weight excluding hydrogens is 1890 g/mol. The molecule has 4 aliphatic heterocycles. The summed E-state index contributed by atoms with van der Waals surface area (Å²) in [5.41, 5.74) is 17.3. The first-order valence-electron chi connectivity index (χ1n) is 49.1. The second-order valence-corrected chi connectivity index (χ2v) is 40.0. The lowest BCUT2D eigenvalue weighted by molar-refractivity contribution is -0.147. The molecule has 0 radical (unpaired) electrons. The number of guanidine groups is 2. The van der Waals surface area contributed by atoms with Crippen LogP contribution in [0.4, 0.5) is 0 Å². The van der Waals surface area contributed by atoms with Gasteiger partial charge in [0.15, 0.2) is 11.9 Å². The maximum atomic E-state index is 15.4. The Bertz CT molecular complexity index is 5200. The molecule has 0 unspecified atom stereocenters. The summed E-state index contributed by atoms with van der Waals surface area (Å²) in [5, 5.41) is 62.4. The monoisotopic (exact) mass is 2030 g/mol. The van der Waals surface area contributed by atoms with Crippen molar-refractivity contribution in [3.05, 3.63) is 131 Å². The van der Waals surface area contributed by atoms with E-state index in [1.165, 1.54) is 73.2 Å². The van der Waals surface area contributed by atoms with Gasteiger partial charge in [0.1, 0.15) is 77.4 Å². The number of H-pyrrole nitrogens is 2. The van der Waals surface area contributed by atoms with Crippen LogP contribution in [0.15, 0.2) is 108 Å². The first kappa shape index (κ1) is 111. The van der Waals surface area contributed by atoms with E-state index in [0.717, 1.165) is 34.1 Å². The summed E-state index contributed by atoms with van der Waals surface area (Å²) in [6.07, 6.45) is 11.1. The molecule has 10 rings (SSSR count). The Morgan fingerprint density at radius 1 is 0.556 bits per heavy atom. The van der Waals surface area contributed by atoms with Gasteiger partial charge >= 0.3 is 5.97 Å². The van der Waals surface area contributed by atoms with Crippen LogP contribution in [0.2, 0.25) is 0 Å². The topological polar surface area (TPSA) is 646 Å². The number of nitrogens with one attached hydrogen (secondary N) is 17. The fourth-order valence-electron chi connectivity index (χ4n) is 19.0. The molecule has 13 atom stereocenters. The predicted octanol–water partition coefficient (Wildman–Crippen LogP) is 1.05. The number of primary amides is 1. The van der Waals surface area contributed by atoms with Crippen molar-refractivity contribution >= 4 is 122 Å². The fourth-order valence-corrected chi connectivity index (χ4v) is 19.2. The van der Waals surface area contributed by atoms with Gasteiger partial charge in [-0.2, -0.15) is 0 Å². The van der Waals surface area contributed by atoms with Gasteiger partial charge in [0.25, 0.3) is 0 Å². The molecule has 2 aromatic heterocycles. The quantitative estimate of drug-likeness (QED) is 0.0112. The number of piperidine rings is 1. The van der Waals surface area contributed by atoms with Gasteiger partial charge in [-0.05, 0) is 202 Å². The lowest BCUT2D eigenvalue weighted by Crippen LogP contribution is -2.63. The van der Waals surface area contributed by atoms with Gasteiger partial charge in [-0.3, -0.25) is 82.7 Å². The predicted molar refractivity (Wildman–Crippen MR) is 529 cm³/mol. The summed E-state index contributed by atoms with van der Waals surface area (Å²) in [6.45, 7) is 10.2. The Morgan fingerprint density at radius 2 is 1.11 bits per heavy atom. The third-order valence-corrected chi connectivity index (χ3v) is 27.4. The number of rotatable bonds is 51. The van der Waals surface area contributed by atoms with E-state index in [1.54, 1.807) is 44.3 Å². The van der Waals surface area contributed by atoms with Crippen molar-refractivity contribution in [1.82, 2.24) is 109 Å². The minimum atomic E-state index is -1.89. The van der Waals surface area contributed by atoms with Crippen LogP contribution in [0.5, 0.6) is 0 Å². The lowest BCUT2D eigenvalue weighted by atomic mass is 9.84. The van der Waals surface area contributed by atoms with Crippen molar-refractivity contribution in [2.24, 2.45) is 40.4 Å². The van der Waals surface area contributed by atoms with E-state index in [1.807, 2.05) is 54.6 Å². The van der Waals surface area contributed by atoms with E-state index in [0.29, 0.717) is 74.9 Å². The van der Waals surface area contributed by atoms with Crippen molar-refractivity contribution in [1.29, 1.82) is 10.8 Å². The minimum Gasteiger partial charge on any atom is -0.480 e. The number of likely N-dealkylation sites (tertiary alicyclic amines) is 3. The van der Waals surface area contributed by atoms with E-state index in [9.17, 15) is 48.3 Å². The summed E-state index contributed by atoms with van der Waals surface area (Å²) in [5.74, 6) is -13.9. The highest BCUT2D eigenvalue weighted by molar-refractivity contribution is 9.10. The van der Waals surface area contributed by atoms with E-state index in [2.05, 4.69) is 105 Å². The van der Waals surface area contributed by atoms with Crippen molar-refractivity contribution in [2.45, 2.75) is 274 Å². The molecule has 15 amide bonds. The third kappa shape index (κ3) is 32.3. The van der Waals surface area contributed by atoms with Crippen molar-refractivity contribution < 1.29 is 81.8 Å². The van der Waals surface area contributed by atoms with E-state index >= 15 is 33.6 Å². The molecule has 24 N–H and O–H groups in total. The number of likely N-dealkylation sites (N-methyl/N-ethyl adjacent to an activating group) is 1. The van der Waals surface area contributed by atoms with Crippen LogP contribution in [0, 0.1) is 34.0 Å². The van der Waals surface area contributed by atoms with Gasteiger partial charge < -0.3 is 121 Å². The minimum absolute atomic E-state index is 0.00291. The molecule has 3 aromatic carbocycles. The molecule has 772 valence electrons. The highest BCUT2D eigenvalue weighted by Crippen LogP contribution is 2.41. The number of hydrogen-bond donors (Lipinski definition) is 21. The molecule has 0 spiro atoms. The van der Waals surface area contributed by atoms with Crippen molar-refractivity contribution in [3.8, 4) is 11.1 Å². The van der Waals surface area contributed by atoms with Crippen molar-refractivity contribution in [3.63, 3.8) is 0 Å². The van der Waals surface area contributed by atoms with Gasteiger partial charge in [-0.15, -0.1) is 0 Å². The van der Waals surface area contributed by atoms with Gasteiger partial charge in [-0.25, -0.2) is 14.8 Å². The summed E-state index contributed by atoms with van der Waals surface area (Å²) in [4.78, 5) is 253. The molecule has 1 aliphatic carbocycles. The number of fused-ring (bicyclic) bond motifs is 1. The van der Waals surface area contributed by atoms with Crippen LogP contribution in [0.25, 0.3) is 11.1 Å². The van der Waals surface area contributed by atoms with E-state index in [-0.39, 0.29) is 152 Å². The van der Waals surface area contributed by atoms with Gasteiger partial charge in [0.05, 0.1) is 24.9 Å². The molecule has 44 heteroatoms. The molecule has 5 aromatic rings. The maximum absolute atomic E-state index is 15.4. The first-order chi connectivity index (χ1) is 67.6. The number of imidazole rings is 2. The summed E-state index contributed by atoms with van der Waals surface area (Å²) < 4.78 is 0.758. The Labute approximate surface area is 834 Å². The molecule has 6 heterocycles.